The summed E-state index contributed by atoms with van der Waals surface area (Å²) in [5.74, 6) is 0.975. The van der Waals surface area contributed by atoms with Gasteiger partial charge in [-0.05, 0) is 18.8 Å². The van der Waals surface area contributed by atoms with E-state index in [4.69, 9.17) is 5.73 Å². The molecule has 1 radical (unpaired) electrons. The molecule has 1 nitrogen and oxygen atoms in total. The maximum Gasteiger partial charge on any atom is 0.00998 e. The maximum absolute atomic E-state index is 7.08. The molecule has 0 unspecified atom stereocenters. The summed E-state index contributed by atoms with van der Waals surface area (Å²) in [5, 5.41) is 0. The fourth-order valence-corrected chi connectivity index (χ4v) is 2.04. The Morgan fingerprint density at radius 1 is 1.00 bits per heavy atom. The molecule has 0 aromatic heterocycles. The van der Waals surface area contributed by atoms with E-state index in [0.717, 1.165) is 12.3 Å². The highest BCUT2D eigenvalue weighted by molar-refractivity contribution is 4.64. The molecule has 1 fully saturated rings. The summed E-state index contributed by atoms with van der Waals surface area (Å²) in [7, 11) is 0. The molecule has 1 aliphatic carbocycles. The van der Waals surface area contributed by atoms with Crippen molar-refractivity contribution in [3.8, 4) is 0 Å². The molecule has 11 heavy (non-hydrogen) atoms. The quantitative estimate of drug-likeness (QED) is 0.558. The fraction of sp³-hybridized carbons (Fsp3) is 1.00. The van der Waals surface area contributed by atoms with E-state index in [0.29, 0.717) is 6.54 Å². The van der Waals surface area contributed by atoms with Crippen molar-refractivity contribution in [2.24, 2.45) is 5.92 Å². The summed E-state index contributed by atoms with van der Waals surface area (Å²) in [6.07, 6.45) is 11.1. The van der Waals surface area contributed by atoms with E-state index in [1.165, 1.54) is 44.9 Å². The highest BCUT2D eigenvalue weighted by atomic mass is 14.5. The summed E-state index contributed by atoms with van der Waals surface area (Å²) in [5.41, 5.74) is 7.08. The number of rotatable bonds is 3. The van der Waals surface area contributed by atoms with Gasteiger partial charge in [-0.1, -0.05) is 38.5 Å². The predicted molar refractivity (Wildman–Crippen MR) is 48.4 cm³/mol. The largest absolute Gasteiger partial charge is 0.258 e. The summed E-state index contributed by atoms with van der Waals surface area (Å²) < 4.78 is 0. The van der Waals surface area contributed by atoms with Gasteiger partial charge < -0.3 is 0 Å². The van der Waals surface area contributed by atoms with Gasteiger partial charge in [0, 0.05) is 6.54 Å². The smallest absolute Gasteiger partial charge is 0.00998 e. The van der Waals surface area contributed by atoms with Crippen LogP contribution in [0.4, 0.5) is 0 Å². The molecule has 1 aliphatic rings. The average molecular weight is 154 g/mol. The van der Waals surface area contributed by atoms with Gasteiger partial charge in [0.2, 0.25) is 0 Å². The lowest BCUT2D eigenvalue weighted by molar-refractivity contribution is 0.417. The summed E-state index contributed by atoms with van der Waals surface area (Å²) in [6.45, 7) is 0.635. The first-order chi connectivity index (χ1) is 5.43. The molecule has 0 aromatic rings. The van der Waals surface area contributed by atoms with Crippen molar-refractivity contribution in [1.29, 1.82) is 0 Å². The van der Waals surface area contributed by atoms with Gasteiger partial charge in [0.1, 0.15) is 0 Å². The van der Waals surface area contributed by atoms with Crippen molar-refractivity contribution >= 4 is 0 Å². The van der Waals surface area contributed by atoms with Gasteiger partial charge >= 0.3 is 0 Å². The van der Waals surface area contributed by atoms with Crippen molar-refractivity contribution < 1.29 is 0 Å². The molecule has 65 valence electrons. The zero-order chi connectivity index (χ0) is 7.94. The molecule has 1 heteroatoms. The Labute approximate surface area is 70.4 Å². The molecule has 1 rings (SSSR count). The predicted octanol–water partition coefficient (Wildman–Crippen LogP) is 3.02. The minimum atomic E-state index is 0.635. The summed E-state index contributed by atoms with van der Waals surface area (Å²) >= 11 is 0. The van der Waals surface area contributed by atoms with E-state index in [9.17, 15) is 0 Å². The van der Waals surface area contributed by atoms with Crippen LogP contribution < -0.4 is 5.73 Å². The second-order valence-corrected chi connectivity index (χ2v) is 3.75. The van der Waals surface area contributed by atoms with Gasteiger partial charge in [0.05, 0.1) is 0 Å². The Bertz CT molecular complexity index is 82.9. The molecular formula is C10H20N. The van der Waals surface area contributed by atoms with E-state index in [2.05, 4.69) is 0 Å². The molecule has 0 heterocycles. The second-order valence-electron chi connectivity index (χ2n) is 3.75. The SMILES string of the molecule is [NH]CCCC1CCCCCC1. The van der Waals surface area contributed by atoms with Crippen molar-refractivity contribution in [3.63, 3.8) is 0 Å². The number of nitrogens with one attached hydrogen (secondary N) is 1. The normalized spacial score (nSPS) is 21.5. The first-order valence-electron chi connectivity index (χ1n) is 5.08. The zero-order valence-electron chi connectivity index (χ0n) is 7.44. The van der Waals surface area contributed by atoms with Crippen LogP contribution in [0, 0.1) is 5.92 Å². The van der Waals surface area contributed by atoms with E-state index < -0.39 is 0 Å². The molecule has 0 atom stereocenters. The van der Waals surface area contributed by atoms with E-state index in [1.54, 1.807) is 0 Å². The van der Waals surface area contributed by atoms with Crippen LogP contribution in [-0.2, 0) is 0 Å². The first-order valence-corrected chi connectivity index (χ1v) is 5.08. The molecule has 0 aliphatic heterocycles. The van der Waals surface area contributed by atoms with Gasteiger partial charge in [-0.3, -0.25) is 5.73 Å². The van der Waals surface area contributed by atoms with E-state index >= 15 is 0 Å². The average Bonchev–Trinajstić information content (AvgIpc) is 2.28. The van der Waals surface area contributed by atoms with Gasteiger partial charge in [-0.25, -0.2) is 0 Å². The Morgan fingerprint density at radius 2 is 1.64 bits per heavy atom. The Morgan fingerprint density at radius 3 is 2.18 bits per heavy atom. The molecular weight excluding hydrogens is 134 g/mol. The van der Waals surface area contributed by atoms with Crippen LogP contribution in [0.25, 0.3) is 0 Å². The first kappa shape index (κ1) is 9.05. The number of hydrogen-bond acceptors (Lipinski definition) is 0. The van der Waals surface area contributed by atoms with Crippen LogP contribution >= 0.6 is 0 Å². The highest BCUT2D eigenvalue weighted by Gasteiger charge is 2.10. The Balaban J connectivity index is 2.09. The third-order valence-corrected chi connectivity index (χ3v) is 2.76. The van der Waals surface area contributed by atoms with Crippen LogP contribution in [0.5, 0.6) is 0 Å². The Kier molecular flexibility index (Phi) is 4.60. The van der Waals surface area contributed by atoms with Crippen LogP contribution in [0.1, 0.15) is 51.4 Å². The monoisotopic (exact) mass is 154 g/mol. The van der Waals surface area contributed by atoms with E-state index in [-0.39, 0.29) is 0 Å². The molecule has 1 N–H and O–H groups in total. The minimum Gasteiger partial charge on any atom is -0.258 e. The van der Waals surface area contributed by atoms with Crippen LogP contribution in [0.2, 0.25) is 0 Å². The second kappa shape index (κ2) is 5.59. The molecule has 0 saturated heterocycles. The van der Waals surface area contributed by atoms with Gasteiger partial charge in [-0.2, -0.15) is 0 Å². The third kappa shape index (κ3) is 3.76. The van der Waals surface area contributed by atoms with Crippen molar-refractivity contribution in [2.45, 2.75) is 51.4 Å². The lowest BCUT2D eigenvalue weighted by Crippen LogP contribution is -2.00. The summed E-state index contributed by atoms with van der Waals surface area (Å²) in [6, 6.07) is 0. The standard InChI is InChI=1S/C10H20N/c11-9-5-8-10-6-3-1-2-4-7-10/h10-11H,1-9H2. The zero-order valence-corrected chi connectivity index (χ0v) is 7.44. The number of hydrogen-bond donors (Lipinski definition) is 0. The van der Waals surface area contributed by atoms with Crippen LogP contribution in [0.3, 0.4) is 0 Å². The van der Waals surface area contributed by atoms with Crippen molar-refractivity contribution in [1.82, 2.24) is 5.73 Å². The molecule has 1 saturated carbocycles. The third-order valence-electron chi connectivity index (χ3n) is 2.76. The molecule has 0 aromatic carbocycles. The van der Waals surface area contributed by atoms with Crippen LogP contribution in [-0.4, -0.2) is 6.54 Å². The lowest BCUT2D eigenvalue weighted by atomic mass is 9.95. The fourth-order valence-electron chi connectivity index (χ4n) is 2.04. The molecule has 0 bridgehead atoms. The van der Waals surface area contributed by atoms with Gasteiger partial charge in [0.15, 0.2) is 0 Å². The molecule has 0 spiro atoms. The summed E-state index contributed by atoms with van der Waals surface area (Å²) in [4.78, 5) is 0. The molecule has 0 amide bonds. The highest BCUT2D eigenvalue weighted by Crippen LogP contribution is 2.25. The maximum atomic E-state index is 7.08. The lowest BCUT2D eigenvalue weighted by Gasteiger charge is -2.11. The minimum absolute atomic E-state index is 0.635. The van der Waals surface area contributed by atoms with Crippen LogP contribution in [0.15, 0.2) is 0 Å². The van der Waals surface area contributed by atoms with Crippen molar-refractivity contribution in [3.05, 3.63) is 0 Å². The van der Waals surface area contributed by atoms with Crippen molar-refractivity contribution in [2.75, 3.05) is 6.54 Å². The van der Waals surface area contributed by atoms with Gasteiger partial charge in [0.25, 0.3) is 0 Å². The van der Waals surface area contributed by atoms with Gasteiger partial charge in [-0.15, -0.1) is 0 Å². The van der Waals surface area contributed by atoms with E-state index in [1.807, 2.05) is 0 Å². The topological polar surface area (TPSA) is 23.8 Å². The Hall–Kier alpha value is -0.0400.